The third-order valence-corrected chi connectivity index (χ3v) is 6.72. The normalized spacial score (nSPS) is 19.6. The van der Waals surface area contributed by atoms with Crippen molar-refractivity contribution in [1.29, 1.82) is 0 Å². The van der Waals surface area contributed by atoms with Crippen molar-refractivity contribution in [2.24, 2.45) is 16.6 Å². The Hall–Kier alpha value is -2.04. The number of nitrogens with two attached hydrogens (primary N) is 1. The van der Waals surface area contributed by atoms with Crippen LogP contribution in [0.1, 0.15) is 95.1 Å². The van der Waals surface area contributed by atoms with Gasteiger partial charge in [-0.15, -0.1) is 0 Å². The fraction of sp³-hybridized carbons (Fsp3) is 0.571. The van der Waals surface area contributed by atoms with Gasteiger partial charge < -0.3 is 15.2 Å². The number of benzene rings is 2. The average molecular weight is 438 g/mol. The first-order chi connectivity index (χ1) is 15.2. The van der Waals surface area contributed by atoms with Crippen molar-refractivity contribution in [3.63, 3.8) is 0 Å². The molecule has 2 aliphatic rings. The Labute approximate surface area is 193 Å². The van der Waals surface area contributed by atoms with Crippen LogP contribution in [0.3, 0.4) is 0 Å². The van der Waals surface area contributed by atoms with Gasteiger partial charge in [0, 0.05) is 0 Å². The molecule has 2 heterocycles. The first-order valence-electron chi connectivity index (χ1n) is 12.1. The standard InChI is InChI=1S/C28H39NO3/c1-6-12-27(2,3)17-19-8-10-23-21(15-19)25-31-24-11-9-20(16-22(24)26(30-23)32-25)18-28(4,5)13-7-14-29/h8-11,15-16,25-26H,6-7,12-14,17-18,29H2,1-5H3. The highest BCUT2D eigenvalue weighted by atomic mass is 16.8. The van der Waals surface area contributed by atoms with Gasteiger partial charge in [0.1, 0.15) is 11.5 Å². The maximum Gasteiger partial charge on any atom is 0.233 e. The van der Waals surface area contributed by atoms with E-state index in [0.717, 1.165) is 54.9 Å². The molecule has 0 spiro atoms. The van der Waals surface area contributed by atoms with Gasteiger partial charge in [0.05, 0.1) is 11.1 Å². The van der Waals surface area contributed by atoms with E-state index in [9.17, 15) is 0 Å². The van der Waals surface area contributed by atoms with E-state index in [0.29, 0.717) is 0 Å². The largest absolute Gasteiger partial charge is 0.460 e. The van der Waals surface area contributed by atoms with Gasteiger partial charge >= 0.3 is 0 Å². The molecule has 0 aliphatic carbocycles. The van der Waals surface area contributed by atoms with Crippen molar-refractivity contribution >= 4 is 0 Å². The Morgan fingerprint density at radius 2 is 1.28 bits per heavy atom. The van der Waals surface area contributed by atoms with Gasteiger partial charge in [-0.2, -0.15) is 0 Å². The molecule has 4 nitrogen and oxygen atoms in total. The molecule has 2 aromatic rings. The SMILES string of the molecule is CCCC(C)(C)Cc1ccc2c(c1)C1Oc3ccc(CC(C)(C)CCCN)cc3C(O2)O1. The van der Waals surface area contributed by atoms with E-state index in [4.69, 9.17) is 19.9 Å². The molecule has 0 amide bonds. The highest BCUT2D eigenvalue weighted by molar-refractivity contribution is 5.46. The Morgan fingerprint density at radius 1 is 0.781 bits per heavy atom. The Balaban J connectivity index is 1.53. The summed E-state index contributed by atoms with van der Waals surface area (Å²) in [6.45, 7) is 12.3. The van der Waals surface area contributed by atoms with Crippen LogP contribution in [0.4, 0.5) is 0 Å². The molecule has 4 rings (SSSR count). The Kier molecular flexibility index (Phi) is 6.56. The van der Waals surface area contributed by atoms with E-state index < -0.39 is 12.6 Å². The van der Waals surface area contributed by atoms with Crippen LogP contribution in [0.5, 0.6) is 11.5 Å². The van der Waals surface area contributed by atoms with Crippen LogP contribution in [-0.2, 0) is 17.6 Å². The molecule has 2 atom stereocenters. The quantitative estimate of drug-likeness (QED) is 0.465. The lowest BCUT2D eigenvalue weighted by molar-refractivity contribution is -0.227. The van der Waals surface area contributed by atoms with Gasteiger partial charge in [-0.3, -0.25) is 4.74 Å². The molecule has 2 aromatic carbocycles. The van der Waals surface area contributed by atoms with E-state index in [-0.39, 0.29) is 10.8 Å². The molecule has 0 saturated carbocycles. The molecule has 0 saturated heterocycles. The lowest BCUT2D eigenvalue weighted by atomic mass is 9.81. The number of ether oxygens (including phenoxy) is 3. The molecular weight excluding hydrogens is 398 g/mol. The first kappa shape index (κ1) is 23.1. The maximum absolute atomic E-state index is 6.29. The summed E-state index contributed by atoms with van der Waals surface area (Å²) in [6, 6.07) is 12.9. The fourth-order valence-corrected chi connectivity index (χ4v) is 5.21. The molecule has 32 heavy (non-hydrogen) atoms. The minimum absolute atomic E-state index is 0.203. The molecule has 174 valence electrons. The zero-order chi connectivity index (χ0) is 22.9. The summed E-state index contributed by atoms with van der Waals surface area (Å²) in [5.41, 5.74) is 10.7. The molecule has 0 radical (unpaired) electrons. The second-order valence-corrected chi connectivity index (χ2v) is 11.1. The maximum atomic E-state index is 6.29. The van der Waals surface area contributed by atoms with Crippen molar-refractivity contribution in [2.75, 3.05) is 6.54 Å². The topological polar surface area (TPSA) is 53.7 Å². The van der Waals surface area contributed by atoms with Crippen LogP contribution in [-0.4, -0.2) is 6.54 Å². The number of rotatable bonds is 9. The van der Waals surface area contributed by atoms with Gasteiger partial charge in [0.2, 0.25) is 12.6 Å². The van der Waals surface area contributed by atoms with Gasteiger partial charge in [0.25, 0.3) is 0 Å². The first-order valence-corrected chi connectivity index (χ1v) is 12.1. The minimum Gasteiger partial charge on any atom is -0.460 e. The van der Waals surface area contributed by atoms with Crippen molar-refractivity contribution in [1.82, 2.24) is 0 Å². The Morgan fingerprint density at radius 3 is 1.75 bits per heavy atom. The molecule has 2 N–H and O–H groups in total. The summed E-state index contributed by atoms with van der Waals surface area (Å²) >= 11 is 0. The van der Waals surface area contributed by atoms with Crippen molar-refractivity contribution in [3.05, 3.63) is 58.7 Å². The van der Waals surface area contributed by atoms with Crippen LogP contribution < -0.4 is 15.2 Å². The van der Waals surface area contributed by atoms with Crippen molar-refractivity contribution in [3.8, 4) is 11.5 Å². The van der Waals surface area contributed by atoms with E-state index in [1.165, 1.54) is 24.0 Å². The highest BCUT2D eigenvalue weighted by Crippen LogP contribution is 2.48. The lowest BCUT2D eigenvalue weighted by Crippen LogP contribution is -2.30. The molecular formula is C28H39NO3. The van der Waals surface area contributed by atoms with Gasteiger partial charge in [-0.25, -0.2) is 0 Å². The van der Waals surface area contributed by atoms with Gasteiger partial charge in [-0.05, 0) is 84.9 Å². The molecule has 2 unspecified atom stereocenters. The monoisotopic (exact) mass is 437 g/mol. The number of hydrogen-bond donors (Lipinski definition) is 1. The van der Waals surface area contributed by atoms with Crippen LogP contribution in [0, 0.1) is 10.8 Å². The third-order valence-electron chi connectivity index (χ3n) is 6.72. The predicted molar refractivity (Wildman–Crippen MR) is 129 cm³/mol. The van der Waals surface area contributed by atoms with Crippen LogP contribution in [0.25, 0.3) is 0 Å². The van der Waals surface area contributed by atoms with Crippen molar-refractivity contribution in [2.45, 2.75) is 85.7 Å². The summed E-state index contributed by atoms with van der Waals surface area (Å²) in [4.78, 5) is 0. The second-order valence-electron chi connectivity index (χ2n) is 11.1. The van der Waals surface area contributed by atoms with Crippen LogP contribution in [0.15, 0.2) is 36.4 Å². The summed E-state index contributed by atoms with van der Waals surface area (Å²) in [7, 11) is 0. The zero-order valence-electron chi connectivity index (χ0n) is 20.4. The summed E-state index contributed by atoms with van der Waals surface area (Å²) in [5, 5.41) is 0. The van der Waals surface area contributed by atoms with E-state index >= 15 is 0 Å². The summed E-state index contributed by atoms with van der Waals surface area (Å²) in [6.07, 6.45) is 5.74. The molecule has 0 aromatic heterocycles. The number of fused-ring (bicyclic) bond motifs is 6. The molecule has 2 aliphatic heterocycles. The lowest BCUT2D eigenvalue weighted by Gasteiger charge is -2.38. The molecule has 4 heteroatoms. The highest BCUT2D eigenvalue weighted by Gasteiger charge is 2.38. The third kappa shape index (κ3) is 5.13. The van der Waals surface area contributed by atoms with Crippen LogP contribution >= 0.6 is 0 Å². The summed E-state index contributed by atoms with van der Waals surface area (Å²) < 4.78 is 18.8. The van der Waals surface area contributed by atoms with E-state index in [2.05, 4.69) is 71.0 Å². The smallest absolute Gasteiger partial charge is 0.233 e. The molecule has 2 bridgehead atoms. The molecule has 0 fully saturated rings. The van der Waals surface area contributed by atoms with Crippen molar-refractivity contribution < 1.29 is 14.2 Å². The van der Waals surface area contributed by atoms with E-state index in [1.54, 1.807) is 0 Å². The number of hydrogen-bond acceptors (Lipinski definition) is 4. The Bertz CT molecular complexity index is 950. The van der Waals surface area contributed by atoms with Crippen LogP contribution in [0.2, 0.25) is 0 Å². The predicted octanol–water partition coefficient (Wildman–Crippen LogP) is 6.86. The van der Waals surface area contributed by atoms with Gasteiger partial charge in [0.15, 0.2) is 0 Å². The second kappa shape index (κ2) is 9.07. The summed E-state index contributed by atoms with van der Waals surface area (Å²) in [5.74, 6) is 1.72. The zero-order valence-corrected chi connectivity index (χ0v) is 20.4. The minimum atomic E-state index is -0.425. The average Bonchev–Trinajstić information content (AvgIpc) is 2.73. The van der Waals surface area contributed by atoms with Gasteiger partial charge in [-0.1, -0.05) is 53.2 Å². The van der Waals surface area contributed by atoms with E-state index in [1.807, 2.05) is 0 Å². The fourth-order valence-electron chi connectivity index (χ4n) is 5.21.